The van der Waals surface area contributed by atoms with Crippen LogP contribution >= 0.6 is 15.9 Å². The molecular formula is C14H12BrO2S. The van der Waals surface area contributed by atoms with Gasteiger partial charge < -0.3 is 0 Å². The van der Waals surface area contributed by atoms with Gasteiger partial charge in [0.1, 0.15) is 10.7 Å². The molecule has 2 rings (SSSR count). The first-order valence-corrected chi connectivity index (χ1v) is 7.60. The van der Waals surface area contributed by atoms with E-state index in [1.54, 1.807) is 0 Å². The quantitative estimate of drug-likeness (QED) is 0.877. The van der Waals surface area contributed by atoms with Crippen LogP contribution in [0.4, 0.5) is 0 Å². The fraction of sp³-hybridized carbons (Fsp3) is 0.0714. The van der Waals surface area contributed by atoms with Crippen molar-refractivity contribution in [1.29, 1.82) is 0 Å². The smallest absolute Gasteiger partial charge is 0.144 e. The van der Waals surface area contributed by atoms with Gasteiger partial charge in [-0.2, -0.15) is 0 Å². The standard InChI is InChI=1S/C14H12BrO2S/c15-14-7-5-12(6-8-14)9-11-1-3-13(4-2-11)10-18(16)17/h1-9,18H,10H2. The van der Waals surface area contributed by atoms with E-state index in [9.17, 15) is 8.42 Å². The van der Waals surface area contributed by atoms with Crippen molar-refractivity contribution in [3.63, 3.8) is 0 Å². The zero-order valence-electron chi connectivity index (χ0n) is 9.54. The molecule has 0 aliphatic rings. The Morgan fingerprint density at radius 2 is 1.39 bits per heavy atom. The van der Waals surface area contributed by atoms with E-state index in [1.165, 1.54) is 0 Å². The third kappa shape index (κ3) is 3.96. The summed E-state index contributed by atoms with van der Waals surface area (Å²) in [6.07, 6.45) is 2.05. The highest BCUT2D eigenvalue weighted by atomic mass is 79.9. The molecule has 0 aliphatic carbocycles. The van der Waals surface area contributed by atoms with Gasteiger partial charge in [0.05, 0.1) is 5.75 Å². The molecule has 0 aromatic heterocycles. The van der Waals surface area contributed by atoms with Gasteiger partial charge in [-0.05, 0) is 28.8 Å². The minimum absolute atomic E-state index is 0.105. The lowest BCUT2D eigenvalue weighted by molar-refractivity contribution is 0.614. The number of thiol groups is 1. The molecule has 0 unspecified atom stereocenters. The largest absolute Gasteiger partial charge is 0.232 e. The van der Waals surface area contributed by atoms with E-state index >= 15 is 0 Å². The highest BCUT2D eigenvalue weighted by molar-refractivity contribution is 9.10. The Morgan fingerprint density at radius 1 is 0.889 bits per heavy atom. The number of benzene rings is 2. The molecule has 93 valence electrons. The molecule has 0 N–H and O–H groups in total. The second-order valence-corrected chi connectivity index (χ2v) is 5.83. The van der Waals surface area contributed by atoms with Gasteiger partial charge in [-0.15, -0.1) is 0 Å². The van der Waals surface area contributed by atoms with Crippen LogP contribution in [-0.4, -0.2) is 8.42 Å². The van der Waals surface area contributed by atoms with Crippen molar-refractivity contribution in [2.24, 2.45) is 0 Å². The van der Waals surface area contributed by atoms with Crippen LogP contribution < -0.4 is 0 Å². The molecule has 1 radical (unpaired) electrons. The molecule has 4 heteroatoms. The number of rotatable bonds is 4. The van der Waals surface area contributed by atoms with E-state index in [4.69, 9.17) is 0 Å². The fourth-order valence-electron chi connectivity index (χ4n) is 1.62. The first-order valence-electron chi connectivity index (χ1n) is 5.44. The Hall–Kier alpha value is -1.13. The highest BCUT2D eigenvalue weighted by Crippen LogP contribution is 2.16. The third-order valence-electron chi connectivity index (χ3n) is 2.49. The van der Waals surface area contributed by atoms with E-state index in [0.29, 0.717) is 0 Å². The molecule has 2 aromatic rings. The summed E-state index contributed by atoms with van der Waals surface area (Å²) >= 11 is 3.39. The van der Waals surface area contributed by atoms with Crippen LogP contribution in [0.15, 0.2) is 53.0 Å². The molecule has 0 aliphatic heterocycles. The van der Waals surface area contributed by atoms with Gasteiger partial charge >= 0.3 is 0 Å². The van der Waals surface area contributed by atoms with Gasteiger partial charge in [0.15, 0.2) is 0 Å². The molecule has 0 saturated carbocycles. The molecule has 0 amide bonds. The van der Waals surface area contributed by atoms with Gasteiger partial charge in [0, 0.05) is 10.9 Å². The summed E-state index contributed by atoms with van der Waals surface area (Å²) in [5.41, 5.74) is 2.99. The maximum atomic E-state index is 10.6. The van der Waals surface area contributed by atoms with Crippen LogP contribution in [0.5, 0.6) is 0 Å². The summed E-state index contributed by atoms with van der Waals surface area (Å²) in [7, 11) is -2.35. The van der Waals surface area contributed by atoms with E-state index in [0.717, 1.165) is 21.2 Å². The lowest BCUT2D eigenvalue weighted by atomic mass is 10.0. The molecule has 0 saturated heterocycles. The summed E-state index contributed by atoms with van der Waals surface area (Å²) < 4.78 is 22.3. The first-order chi connectivity index (χ1) is 8.63. The number of hydrogen-bond acceptors (Lipinski definition) is 2. The zero-order valence-corrected chi connectivity index (χ0v) is 12.0. The summed E-state index contributed by atoms with van der Waals surface area (Å²) in [5.74, 6) is 0.105. The van der Waals surface area contributed by atoms with Gasteiger partial charge in [0.25, 0.3) is 0 Å². The molecule has 0 fully saturated rings. The Bertz CT molecular complexity index is 578. The van der Waals surface area contributed by atoms with E-state index in [2.05, 4.69) is 15.9 Å². The van der Waals surface area contributed by atoms with E-state index in [1.807, 2.05) is 55.0 Å². The summed E-state index contributed by atoms with van der Waals surface area (Å²) in [6, 6.07) is 15.6. The van der Waals surface area contributed by atoms with E-state index < -0.39 is 10.7 Å². The van der Waals surface area contributed by atoms with Crippen molar-refractivity contribution in [2.45, 2.75) is 5.75 Å². The van der Waals surface area contributed by atoms with Crippen molar-refractivity contribution >= 4 is 26.6 Å². The summed E-state index contributed by atoms with van der Waals surface area (Å²) in [5, 5.41) is 0. The van der Waals surface area contributed by atoms with Crippen molar-refractivity contribution in [3.05, 3.63) is 76.1 Å². The fourth-order valence-corrected chi connectivity index (χ4v) is 2.39. The van der Waals surface area contributed by atoms with Crippen molar-refractivity contribution in [2.75, 3.05) is 0 Å². The van der Waals surface area contributed by atoms with Crippen LogP contribution in [0.25, 0.3) is 0 Å². The highest BCUT2D eigenvalue weighted by Gasteiger charge is 1.99. The van der Waals surface area contributed by atoms with Crippen LogP contribution in [0.3, 0.4) is 0 Å². The van der Waals surface area contributed by atoms with Crippen LogP contribution in [0, 0.1) is 6.42 Å². The molecule has 18 heavy (non-hydrogen) atoms. The number of halogens is 1. The lowest BCUT2D eigenvalue weighted by Crippen LogP contribution is -1.89. The zero-order chi connectivity index (χ0) is 13.0. The SMILES string of the molecule is O=[SH](=O)Cc1ccc([CH]c2ccc(Br)cc2)cc1. The monoisotopic (exact) mass is 323 g/mol. The molecule has 2 nitrogen and oxygen atoms in total. The summed E-state index contributed by atoms with van der Waals surface area (Å²) in [6.45, 7) is 0. The predicted octanol–water partition coefficient (Wildman–Crippen LogP) is 3.16. The second-order valence-electron chi connectivity index (χ2n) is 3.93. The predicted molar refractivity (Wildman–Crippen MR) is 77.1 cm³/mol. The van der Waals surface area contributed by atoms with Crippen LogP contribution in [0.1, 0.15) is 16.7 Å². The molecule has 2 aromatic carbocycles. The average molecular weight is 324 g/mol. The Morgan fingerprint density at radius 3 is 1.89 bits per heavy atom. The van der Waals surface area contributed by atoms with Crippen molar-refractivity contribution < 1.29 is 8.42 Å². The molecule has 0 bridgehead atoms. The Labute approximate surface area is 117 Å². The van der Waals surface area contributed by atoms with Crippen molar-refractivity contribution in [1.82, 2.24) is 0 Å². The Balaban J connectivity index is 2.08. The van der Waals surface area contributed by atoms with Crippen LogP contribution in [-0.2, 0) is 16.5 Å². The minimum atomic E-state index is -2.35. The molecular weight excluding hydrogens is 312 g/mol. The Kier molecular flexibility index (Phi) is 4.55. The van der Waals surface area contributed by atoms with Crippen LogP contribution in [0.2, 0.25) is 0 Å². The van der Waals surface area contributed by atoms with Gasteiger partial charge in [-0.25, -0.2) is 8.42 Å². The normalized spacial score (nSPS) is 10.8. The van der Waals surface area contributed by atoms with Crippen molar-refractivity contribution in [3.8, 4) is 0 Å². The molecule has 0 heterocycles. The minimum Gasteiger partial charge on any atom is -0.232 e. The first kappa shape index (κ1) is 13.3. The average Bonchev–Trinajstić information content (AvgIpc) is 2.34. The van der Waals surface area contributed by atoms with Gasteiger partial charge in [0.2, 0.25) is 0 Å². The maximum Gasteiger partial charge on any atom is 0.144 e. The molecule has 0 spiro atoms. The maximum absolute atomic E-state index is 10.6. The second kappa shape index (κ2) is 6.16. The third-order valence-corrected chi connectivity index (χ3v) is 3.65. The van der Waals surface area contributed by atoms with Gasteiger partial charge in [-0.1, -0.05) is 52.3 Å². The topological polar surface area (TPSA) is 34.1 Å². The molecule has 0 atom stereocenters. The summed E-state index contributed by atoms with van der Waals surface area (Å²) in [4.78, 5) is 0. The number of hydrogen-bond donors (Lipinski definition) is 1. The lowest BCUT2D eigenvalue weighted by Gasteiger charge is -2.03. The van der Waals surface area contributed by atoms with E-state index in [-0.39, 0.29) is 5.75 Å². The van der Waals surface area contributed by atoms with Gasteiger partial charge in [-0.3, -0.25) is 0 Å².